The molecule has 9 heteroatoms. The molecule has 6 nitrogen and oxygen atoms in total. The zero-order valence-electron chi connectivity index (χ0n) is 21.5. The van der Waals surface area contributed by atoms with E-state index in [9.17, 15) is 23.5 Å². The summed E-state index contributed by atoms with van der Waals surface area (Å²) < 4.78 is 27.7. The van der Waals surface area contributed by atoms with Gasteiger partial charge in [-0.2, -0.15) is 0 Å². The quantitative estimate of drug-likeness (QED) is 0.291. The van der Waals surface area contributed by atoms with Gasteiger partial charge in [0.2, 0.25) is 5.91 Å². The Morgan fingerprint density at radius 1 is 1.03 bits per heavy atom. The maximum absolute atomic E-state index is 13.8. The number of rotatable bonds is 11. The average Bonchev–Trinajstić information content (AvgIpc) is 3.10. The number of aliphatic hydroxyl groups is 1. The molecule has 3 rings (SSSR count). The van der Waals surface area contributed by atoms with Crippen LogP contribution in [0.15, 0.2) is 42.5 Å². The van der Waals surface area contributed by atoms with Crippen LogP contribution in [0.25, 0.3) is 0 Å². The largest absolute Gasteiger partial charge is 0.390 e. The van der Waals surface area contributed by atoms with Gasteiger partial charge in [-0.25, -0.2) is 8.78 Å². The average molecular weight is 530 g/mol. The molecule has 37 heavy (non-hydrogen) atoms. The van der Waals surface area contributed by atoms with Crippen LogP contribution in [-0.4, -0.2) is 35.6 Å². The van der Waals surface area contributed by atoms with E-state index in [0.29, 0.717) is 28.2 Å². The van der Waals surface area contributed by atoms with E-state index in [1.54, 1.807) is 6.92 Å². The van der Waals surface area contributed by atoms with Crippen molar-refractivity contribution in [3.63, 3.8) is 0 Å². The zero-order chi connectivity index (χ0) is 27.1. The zero-order valence-corrected chi connectivity index (χ0v) is 22.3. The molecular weight excluding hydrogens is 496 g/mol. The predicted molar refractivity (Wildman–Crippen MR) is 143 cm³/mol. The van der Waals surface area contributed by atoms with Crippen LogP contribution in [0.2, 0.25) is 0 Å². The molecule has 1 aromatic heterocycles. The molecule has 0 bridgehead atoms. The molecular formula is C28H33F2N3O3S. The van der Waals surface area contributed by atoms with Gasteiger partial charge in [0.05, 0.1) is 17.7 Å². The van der Waals surface area contributed by atoms with Gasteiger partial charge in [-0.05, 0) is 61.1 Å². The number of aryl methyl sites for hydroxylation is 2. The molecule has 0 aliphatic carbocycles. The summed E-state index contributed by atoms with van der Waals surface area (Å²) in [6, 6.07) is 10.4. The molecule has 2 amide bonds. The van der Waals surface area contributed by atoms with Crippen molar-refractivity contribution in [1.82, 2.24) is 10.6 Å². The van der Waals surface area contributed by atoms with Crippen LogP contribution in [0.1, 0.15) is 51.3 Å². The second-order valence-electron chi connectivity index (χ2n) is 9.10. The molecule has 2 atom stereocenters. The molecule has 0 saturated carbocycles. The number of carbonyl (C=O) groups excluding carboxylic acids is 2. The number of halogens is 2. The van der Waals surface area contributed by atoms with E-state index in [2.05, 4.69) is 28.9 Å². The van der Waals surface area contributed by atoms with Crippen LogP contribution >= 0.6 is 11.3 Å². The molecule has 2 aromatic carbocycles. The second-order valence-corrected chi connectivity index (χ2v) is 10.3. The van der Waals surface area contributed by atoms with Crippen LogP contribution in [-0.2, 0) is 24.2 Å². The summed E-state index contributed by atoms with van der Waals surface area (Å²) in [5.74, 6) is -2.26. The van der Waals surface area contributed by atoms with Crippen molar-refractivity contribution in [2.45, 2.75) is 59.2 Å². The van der Waals surface area contributed by atoms with E-state index in [0.717, 1.165) is 22.9 Å². The van der Waals surface area contributed by atoms with Gasteiger partial charge in [0.15, 0.2) is 0 Å². The van der Waals surface area contributed by atoms with Gasteiger partial charge in [0.1, 0.15) is 16.6 Å². The highest BCUT2D eigenvalue weighted by Gasteiger charge is 2.27. The summed E-state index contributed by atoms with van der Waals surface area (Å²) in [5, 5.41) is 20.2. The fraction of sp³-hybridized carbons (Fsp3) is 0.357. The summed E-state index contributed by atoms with van der Waals surface area (Å²) >= 11 is 1.29. The standard InChI is InChI=1S/C28H33F2N3O3S/c1-5-19-7-6-8-20(9-19)14-31-15-25(35)24(12-21-10-22(29)13-23(30)11-21)33-27(36)26-16(2)17(3)37-28(26)32-18(4)34/h6-11,13,24-25,31,35H,5,12,14-15H2,1-4H3,(H,32,34)(H,33,36)/t24-,25+/m0/s1. The Morgan fingerprint density at radius 2 is 1.70 bits per heavy atom. The first-order chi connectivity index (χ1) is 17.6. The van der Waals surface area contributed by atoms with E-state index in [1.165, 1.54) is 36.0 Å². The van der Waals surface area contributed by atoms with Crippen LogP contribution in [0.3, 0.4) is 0 Å². The Bertz CT molecular complexity index is 1240. The van der Waals surface area contributed by atoms with E-state index < -0.39 is 29.7 Å². The number of thiophene rings is 1. The van der Waals surface area contributed by atoms with Gasteiger partial charge >= 0.3 is 0 Å². The Hall–Kier alpha value is -3.14. The molecule has 0 saturated heterocycles. The molecule has 0 unspecified atom stereocenters. The van der Waals surface area contributed by atoms with E-state index in [1.807, 2.05) is 25.1 Å². The first kappa shape index (κ1) is 28.4. The Morgan fingerprint density at radius 3 is 2.35 bits per heavy atom. The van der Waals surface area contributed by atoms with Crippen molar-refractivity contribution in [3.8, 4) is 0 Å². The third kappa shape index (κ3) is 7.92. The Labute approximate surface area is 220 Å². The van der Waals surface area contributed by atoms with Gasteiger partial charge < -0.3 is 21.1 Å². The fourth-order valence-corrected chi connectivity index (χ4v) is 5.22. The second kappa shape index (κ2) is 12.9. The molecule has 3 aromatic rings. The lowest BCUT2D eigenvalue weighted by molar-refractivity contribution is -0.114. The fourth-order valence-electron chi connectivity index (χ4n) is 4.12. The third-order valence-corrected chi connectivity index (χ3v) is 7.27. The number of carbonyl (C=O) groups is 2. The lowest BCUT2D eigenvalue weighted by atomic mass is 9.99. The molecule has 0 aliphatic heterocycles. The van der Waals surface area contributed by atoms with E-state index in [-0.39, 0.29) is 18.9 Å². The predicted octanol–water partition coefficient (Wildman–Crippen LogP) is 4.66. The van der Waals surface area contributed by atoms with Gasteiger partial charge in [-0.1, -0.05) is 31.2 Å². The summed E-state index contributed by atoms with van der Waals surface area (Å²) in [7, 11) is 0. The van der Waals surface area contributed by atoms with Gasteiger partial charge in [-0.15, -0.1) is 11.3 Å². The minimum atomic E-state index is -1.06. The minimum Gasteiger partial charge on any atom is -0.390 e. The summed E-state index contributed by atoms with van der Waals surface area (Å²) in [5.41, 5.74) is 3.59. The summed E-state index contributed by atoms with van der Waals surface area (Å²) in [6.45, 7) is 7.72. The number of anilines is 1. The molecule has 198 valence electrons. The number of aliphatic hydroxyl groups excluding tert-OH is 1. The number of hydrogen-bond acceptors (Lipinski definition) is 5. The van der Waals surface area contributed by atoms with Crippen molar-refractivity contribution >= 4 is 28.2 Å². The molecule has 1 heterocycles. The van der Waals surface area contributed by atoms with Crippen LogP contribution in [0.4, 0.5) is 13.8 Å². The van der Waals surface area contributed by atoms with Crippen molar-refractivity contribution in [1.29, 1.82) is 0 Å². The number of hydrogen-bond donors (Lipinski definition) is 4. The molecule has 0 fully saturated rings. The monoisotopic (exact) mass is 529 g/mol. The van der Waals surface area contributed by atoms with Gasteiger partial charge in [0.25, 0.3) is 5.91 Å². The topological polar surface area (TPSA) is 90.5 Å². The van der Waals surface area contributed by atoms with Gasteiger partial charge in [0, 0.05) is 31.0 Å². The maximum Gasteiger partial charge on any atom is 0.254 e. The number of amides is 2. The Balaban J connectivity index is 1.80. The smallest absolute Gasteiger partial charge is 0.254 e. The highest BCUT2D eigenvalue weighted by molar-refractivity contribution is 7.16. The number of benzene rings is 2. The van der Waals surface area contributed by atoms with Crippen molar-refractivity contribution in [2.24, 2.45) is 0 Å². The molecule has 0 radical (unpaired) electrons. The van der Waals surface area contributed by atoms with Crippen molar-refractivity contribution < 1.29 is 23.5 Å². The van der Waals surface area contributed by atoms with Gasteiger partial charge in [-0.3, -0.25) is 9.59 Å². The molecule has 4 N–H and O–H groups in total. The lowest BCUT2D eigenvalue weighted by Crippen LogP contribution is -2.48. The highest BCUT2D eigenvalue weighted by Crippen LogP contribution is 2.32. The van der Waals surface area contributed by atoms with Crippen molar-refractivity contribution in [3.05, 3.63) is 86.8 Å². The SMILES string of the molecule is CCc1cccc(CNC[C@@H](O)[C@H](Cc2cc(F)cc(F)c2)NC(=O)c2c(NC(C)=O)sc(C)c2C)c1. The van der Waals surface area contributed by atoms with Crippen LogP contribution in [0.5, 0.6) is 0 Å². The molecule has 0 spiro atoms. The minimum absolute atomic E-state index is 0.00617. The maximum atomic E-state index is 13.8. The van der Waals surface area contributed by atoms with E-state index in [4.69, 9.17) is 0 Å². The third-order valence-electron chi connectivity index (χ3n) is 6.14. The van der Waals surface area contributed by atoms with Crippen LogP contribution < -0.4 is 16.0 Å². The number of nitrogens with one attached hydrogen (secondary N) is 3. The first-order valence-electron chi connectivity index (χ1n) is 12.2. The van der Waals surface area contributed by atoms with Crippen LogP contribution in [0, 0.1) is 25.5 Å². The lowest BCUT2D eigenvalue weighted by Gasteiger charge is -2.25. The normalized spacial score (nSPS) is 12.7. The van der Waals surface area contributed by atoms with Crippen molar-refractivity contribution in [2.75, 3.05) is 11.9 Å². The highest BCUT2D eigenvalue weighted by atomic mass is 32.1. The molecule has 0 aliphatic rings. The summed E-state index contributed by atoms with van der Waals surface area (Å²) in [4.78, 5) is 25.9. The Kier molecular flexibility index (Phi) is 9.91. The first-order valence-corrected chi connectivity index (χ1v) is 13.0. The van der Waals surface area contributed by atoms with E-state index >= 15 is 0 Å². The summed E-state index contributed by atoms with van der Waals surface area (Å²) in [6.07, 6.45) is -0.142.